The van der Waals surface area contributed by atoms with Gasteiger partial charge in [0.25, 0.3) is 0 Å². The lowest BCUT2D eigenvalue weighted by molar-refractivity contribution is 0.471. The highest BCUT2D eigenvalue weighted by molar-refractivity contribution is 6.42. The van der Waals surface area contributed by atoms with Crippen molar-refractivity contribution >= 4 is 34.1 Å². The van der Waals surface area contributed by atoms with Gasteiger partial charge in [0.05, 0.1) is 26.6 Å². The Balaban J connectivity index is 2.39. The van der Waals surface area contributed by atoms with E-state index in [0.29, 0.717) is 21.6 Å². The quantitative estimate of drug-likeness (QED) is 0.707. The number of aromatic amines is 1. The standard InChI is InChI=1S/C15H9Cl2NO2/c16-10-6-9-12(7-11(10)17)18-13(15(20)14(9)19)8-4-2-1-3-5-8/h1-7,20H,(H,18,19). The van der Waals surface area contributed by atoms with E-state index in [1.165, 1.54) is 6.07 Å². The summed E-state index contributed by atoms with van der Waals surface area (Å²) < 4.78 is 0. The maximum atomic E-state index is 12.2. The van der Waals surface area contributed by atoms with Crippen molar-refractivity contribution in [3.8, 4) is 17.0 Å². The van der Waals surface area contributed by atoms with E-state index in [1.807, 2.05) is 18.2 Å². The van der Waals surface area contributed by atoms with Crippen LogP contribution in [0.4, 0.5) is 0 Å². The summed E-state index contributed by atoms with van der Waals surface area (Å²) in [7, 11) is 0. The Kier molecular flexibility index (Phi) is 3.16. The molecule has 100 valence electrons. The first-order valence-electron chi connectivity index (χ1n) is 5.87. The Bertz CT molecular complexity index is 857. The molecule has 0 aliphatic rings. The fourth-order valence-electron chi connectivity index (χ4n) is 2.09. The van der Waals surface area contributed by atoms with E-state index in [2.05, 4.69) is 4.98 Å². The molecule has 0 bridgehead atoms. The van der Waals surface area contributed by atoms with E-state index >= 15 is 0 Å². The van der Waals surface area contributed by atoms with Crippen LogP contribution in [0.1, 0.15) is 0 Å². The third-order valence-electron chi connectivity index (χ3n) is 3.08. The van der Waals surface area contributed by atoms with Gasteiger partial charge >= 0.3 is 0 Å². The molecular formula is C15H9Cl2NO2. The minimum absolute atomic E-state index is 0.275. The van der Waals surface area contributed by atoms with E-state index in [0.717, 1.165) is 5.56 Å². The van der Waals surface area contributed by atoms with Gasteiger partial charge in [-0.15, -0.1) is 0 Å². The number of benzene rings is 2. The Labute approximate surface area is 124 Å². The van der Waals surface area contributed by atoms with E-state index in [1.54, 1.807) is 18.2 Å². The minimum atomic E-state index is -0.476. The number of hydrogen-bond donors (Lipinski definition) is 2. The molecule has 0 fully saturated rings. The zero-order valence-corrected chi connectivity index (χ0v) is 11.7. The SMILES string of the molecule is O=c1c(O)c(-c2ccccc2)[nH]c2cc(Cl)c(Cl)cc12. The largest absolute Gasteiger partial charge is 0.503 e. The Morgan fingerprint density at radius 1 is 1.00 bits per heavy atom. The predicted octanol–water partition coefficient (Wildman–Crippen LogP) is 4.21. The molecule has 3 aromatic rings. The highest BCUT2D eigenvalue weighted by atomic mass is 35.5. The summed E-state index contributed by atoms with van der Waals surface area (Å²) in [6, 6.07) is 12.1. The van der Waals surface area contributed by atoms with Crippen molar-refractivity contribution in [1.82, 2.24) is 4.98 Å². The Hall–Kier alpha value is -1.97. The second-order valence-corrected chi connectivity index (χ2v) is 5.17. The minimum Gasteiger partial charge on any atom is -0.503 e. The van der Waals surface area contributed by atoms with Crippen LogP contribution in [0, 0.1) is 0 Å². The van der Waals surface area contributed by atoms with Crippen LogP contribution in [0.15, 0.2) is 47.3 Å². The predicted molar refractivity (Wildman–Crippen MR) is 81.7 cm³/mol. The summed E-state index contributed by atoms with van der Waals surface area (Å²) in [5.41, 5.74) is 1.13. The van der Waals surface area contributed by atoms with Gasteiger partial charge in [-0.2, -0.15) is 0 Å². The molecule has 3 rings (SSSR count). The number of fused-ring (bicyclic) bond motifs is 1. The first kappa shape index (κ1) is 13.0. The van der Waals surface area contributed by atoms with Gasteiger partial charge in [0.15, 0.2) is 5.75 Å². The summed E-state index contributed by atoms with van der Waals surface area (Å²) in [5, 5.41) is 11.0. The maximum absolute atomic E-state index is 12.2. The number of halogens is 2. The molecule has 0 aliphatic heterocycles. The Morgan fingerprint density at radius 3 is 2.35 bits per heavy atom. The molecular weight excluding hydrogens is 297 g/mol. The molecule has 0 unspecified atom stereocenters. The van der Waals surface area contributed by atoms with Crippen LogP contribution in [-0.2, 0) is 0 Å². The topological polar surface area (TPSA) is 53.1 Å². The van der Waals surface area contributed by atoms with Crippen LogP contribution in [0.5, 0.6) is 5.75 Å². The molecule has 3 nitrogen and oxygen atoms in total. The highest BCUT2D eigenvalue weighted by Gasteiger charge is 2.13. The summed E-state index contributed by atoms with van der Waals surface area (Å²) in [6.45, 7) is 0. The number of H-pyrrole nitrogens is 1. The van der Waals surface area contributed by atoms with Gasteiger partial charge in [-0.3, -0.25) is 4.79 Å². The number of aromatic hydroxyl groups is 1. The van der Waals surface area contributed by atoms with Crippen molar-refractivity contribution in [1.29, 1.82) is 0 Å². The summed E-state index contributed by atoms with van der Waals surface area (Å²) >= 11 is 11.9. The van der Waals surface area contributed by atoms with Gasteiger partial charge in [-0.05, 0) is 12.1 Å². The van der Waals surface area contributed by atoms with Gasteiger partial charge in [0, 0.05) is 5.56 Å². The van der Waals surface area contributed by atoms with Crippen LogP contribution in [0.25, 0.3) is 22.2 Å². The first-order valence-corrected chi connectivity index (χ1v) is 6.63. The molecule has 0 aliphatic carbocycles. The number of nitrogens with one attached hydrogen (secondary N) is 1. The highest BCUT2D eigenvalue weighted by Crippen LogP contribution is 2.30. The molecule has 0 atom stereocenters. The average Bonchev–Trinajstić information content (AvgIpc) is 2.46. The number of hydrogen-bond acceptors (Lipinski definition) is 2. The van der Waals surface area contributed by atoms with Gasteiger partial charge in [0.2, 0.25) is 5.43 Å². The van der Waals surface area contributed by atoms with Crippen molar-refractivity contribution in [3.63, 3.8) is 0 Å². The van der Waals surface area contributed by atoms with Gasteiger partial charge in [-0.1, -0.05) is 53.5 Å². The van der Waals surface area contributed by atoms with E-state index in [4.69, 9.17) is 23.2 Å². The molecule has 0 saturated heterocycles. The second kappa shape index (κ2) is 4.85. The van der Waals surface area contributed by atoms with Gasteiger partial charge in [0.1, 0.15) is 0 Å². The summed E-state index contributed by atoms with van der Waals surface area (Å²) in [5.74, 6) is -0.331. The third kappa shape index (κ3) is 2.05. The van der Waals surface area contributed by atoms with Crippen LogP contribution < -0.4 is 5.43 Å². The lowest BCUT2D eigenvalue weighted by atomic mass is 10.1. The third-order valence-corrected chi connectivity index (χ3v) is 3.80. The molecule has 2 aromatic carbocycles. The van der Waals surface area contributed by atoms with Crippen LogP contribution >= 0.6 is 23.2 Å². The Morgan fingerprint density at radius 2 is 1.65 bits per heavy atom. The molecule has 1 heterocycles. The lowest BCUT2D eigenvalue weighted by Crippen LogP contribution is -2.05. The zero-order valence-electron chi connectivity index (χ0n) is 10.2. The molecule has 2 N–H and O–H groups in total. The molecule has 0 saturated carbocycles. The van der Waals surface area contributed by atoms with Gasteiger partial charge < -0.3 is 10.1 Å². The van der Waals surface area contributed by atoms with Crippen LogP contribution in [0.2, 0.25) is 10.0 Å². The van der Waals surface area contributed by atoms with Crippen molar-refractivity contribution in [2.45, 2.75) is 0 Å². The van der Waals surface area contributed by atoms with E-state index in [9.17, 15) is 9.90 Å². The summed E-state index contributed by atoms with van der Waals surface area (Å²) in [6.07, 6.45) is 0. The van der Waals surface area contributed by atoms with E-state index in [-0.39, 0.29) is 10.8 Å². The number of pyridine rings is 1. The van der Waals surface area contributed by atoms with Gasteiger partial charge in [-0.25, -0.2) is 0 Å². The molecule has 0 amide bonds. The molecule has 0 radical (unpaired) electrons. The number of aromatic nitrogens is 1. The second-order valence-electron chi connectivity index (χ2n) is 4.36. The van der Waals surface area contributed by atoms with Crippen LogP contribution in [-0.4, -0.2) is 10.1 Å². The molecule has 20 heavy (non-hydrogen) atoms. The maximum Gasteiger partial charge on any atom is 0.231 e. The monoisotopic (exact) mass is 305 g/mol. The fourth-order valence-corrected chi connectivity index (χ4v) is 2.41. The van der Waals surface area contributed by atoms with Crippen molar-refractivity contribution < 1.29 is 5.11 Å². The normalized spacial score (nSPS) is 10.9. The average molecular weight is 306 g/mol. The smallest absolute Gasteiger partial charge is 0.231 e. The molecule has 1 aromatic heterocycles. The molecule has 5 heteroatoms. The van der Waals surface area contributed by atoms with Crippen molar-refractivity contribution in [2.75, 3.05) is 0 Å². The molecule has 0 spiro atoms. The lowest BCUT2D eigenvalue weighted by Gasteiger charge is -2.08. The van der Waals surface area contributed by atoms with Crippen LogP contribution in [0.3, 0.4) is 0 Å². The number of rotatable bonds is 1. The first-order chi connectivity index (χ1) is 9.58. The van der Waals surface area contributed by atoms with Crippen molar-refractivity contribution in [2.24, 2.45) is 0 Å². The fraction of sp³-hybridized carbons (Fsp3) is 0. The van der Waals surface area contributed by atoms with Crippen molar-refractivity contribution in [3.05, 3.63) is 62.7 Å². The zero-order chi connectivity index (χ0) is 14.3. The summed E-state index contributed by atoms with van der Waals surface area (Å²) in [4.78, 5) is 15.2. The van der Waals surface area contributed by atoms with E-state index < -0.39 is 5.43 Å².